The molecule has 0 unspecified atom stereocenters. The minimum absolute atomic E-state index is 0.0673. The van der Waals surface area contributed by atoms with E-state index in [0.717, 1.165) is 48.9 Å². The van der Waals surface area contributed by atoms with Gasteiger partial charge in [0.25, 0.3) is 0 Å². The predicted molar refractivity (Wildman–Crippen MR) is 91.2 cm³/mol. The lowest BCUT2D eigenvalue weighted by Gasteiger charge is -2.21. The molecule has 0 N–H and O–H groups in total. The van der Waals surface area contributed by atoms with E-state index in [0.29, 0.717) is 23.0 Å². The summed E-state index contributed by atoms with van der Waals surface area (Å²) in [6.07, 6.45) is -0.956. The summed E-state index contributed by atoms with van der Waals surface area (Å²) in [5.41, 5.74) is 2.03. The third kappa shape index (κ3) is 3.94. The van der Waals surface area contributed by atoms with Crippen molar-refractivity contribution in [2.75, 3.05) is 13.4 Å². The van der Waals surface area contributed by atoms with E-state index >= 15 is 0 Å². The molecule has 0 atom stereocenters. The van der Waals surface area contributed by atoms with E-state index in [-0.39, 0.29) is 12.5 Å². The smallest absolute Gasteiger partial charge is 0.416 e. The van der Waals surface area contributed by atoms with Crippen molar-refractivity contribution in [3.63, 3.8) is 0 Å². The Morgan fingerprint density at radius 1 is 1.12 bits per heavy atom. The molecule has 4 nitrogen and oxygen atoms in total. The maximum Gasteiger partial charge on any atom is 0.416 e. The van der Waals surface area contributed by atoms with Crippen molar-refractivity contribution in [3.05, 3.63) is 40.0 Å². The largest absolute Gasteiger partial charge is 0.467 e. The number of nitrogens with zero attached hydrogens (tertiary/aromatic N) is 2. The quantitative estimate of drug-likeness (QED) is 0.531. The van der Waals surface area contributed by atoms with Gasteiger partial charge in [-0.05, 0) is 61.9 Å². The van der Waals surface area contributed by atoms with E-state index < -0.39 is 11.7 Å². The second-order valence-corrected chi connectivity index (χ2v) is 6.33. The van der Waals surface area contributed by atoms with Crippen molar-refractivity contribution >= 4 is 11.6 Å². The molecular weight excluding hydrogens is 369 g/mol. The van der Waals surface area contributed by atoms with Crippen LogP contribution in [-0.2, 0) is 23.8 Å². The van der Waals surface area contributed by atoms with Crippen LogP contribution in [-0.4, -0.2) is 23.6 Å². The molecule has 140 valence electrons. The third-order valence-electron chi connectivity index (χ3n) is 4.31. The number of ether oxygens (including phenoxy) is 2. The Labute approximate surface area is 154 Å². The zero-order chi connectivity index (χ0) is 18.7. The number of halogens is 4. The van der Waals surface area contributed by atoms with Crippen molar-refractivity contribution in [1.29, 1.82) is 0 Å². The Hall–Kier alpha value is -1.86. The molecule has 26 heavy (non-hydrogen) atoms. The first-order valence-electron chi connectivity index (χ1n) is 8.38. The molecule has 1 aromatic heterocycles. The maximum absolute atomic E-state index is 13.1. The Morgan fingerprint density at radius 2 is 1.85 bits per heavy atom. The highest BCUT2D eigenvalue weighted by Crippen LogP contribution is 2.40. The number of hydrogen-bond donors (Lipinski definition) is 0. The zero-order valence-corrected chi connectivity index (χ0v) is 15.0. The summed E-state index contributed by atoms with van der Waals surface area (Å²) in [5, 5.41) is 8.50. The fourth-order valence-electron chi connectivity index (χ4n) is 3.03. The molecule has 0 saturated heterocycles. The number of rotatable bonds is 5. The Kier molecular flexibility index (Phi) is 5.67. The molecular formula is C18H18ClF3N2O2. The first-order valence-corrected chi connectivity index (χ1v) is 8.75. The zero-order valence-electron chi connectivity index (χ0n) is 14.2. The summed E-state index contributed by atoms with van der Waals surface area (Å²) in [5.74, 6) is 0.0673. The SMILES string of the molecule is CCOCOc1cc(C(F)(F)F)ccc1-c1nnc(Cl)c2c1CCCC2. The van der Waals surface area contributed by atoms with Crippen LogP contribution in [0.2, 0.25) is 5.15 Å². The van der Waals surface area contributed by atoms with E-state index in [1.807, 2.05) is 0 Å². The number of fused-ring (bicyclic) bond motifs is 1. The van der Waals surface area contributed by atoms with Crippen LogP contribution in [0.15, 0.2) is 18.2 Å². The van der Waals surface area contributed by atoms with E-state index in [1.165, 1.54) is 6.07 Å². The van der Waals surface area contributed by atoms with E-state index in [2.05, 4.69) is 10.2 Å². The van der Waals surface area contributed by atoms with Gasteiger partial charge in [-0.2, -0.15) is 13.2 Å². The molecule has 3 rings (SSSR count). The highest BCUT2D eigenvalue weighted by atomic mass is 35.5. The molecule has 0 aliphatic heterocycles. The third-order valence-corrected chi connectivity index (χ3v) is 4.61. The molecule has 0 bridgehead atoms. The number of hydrogen-bond acceptors (Lipinski definition) is 4. The lowest BCUT2D eigenvalue weighted by molar-refractivity contribution is -0.137. The standard InChI is InChI=1S/C18H18ClF3N2O2/c1-2-25-10-26-15-9-11(18(20,21)22)7-8-14(15)16-12-5-3-4-6-13(12)17(19)24-23-16/h7-9H,2-6,10H2,1H3. The van der Waals surface area contributed by atoms with Crippen molar-refractivity contribution < 1.29 is 22.6 Å². The van der Waals surface area contributed by atoms with Crippen LogP contribution < -0.4 is 4.74 Å². The van der Waals surface area contributed by atoms with Gasteiger partial charge in [-0.15, -0.1) is 10.2 Å². The molecule has 0 fully saturated rings. The van der Waals surface area contributed by atoms with E-state index in [9.17, 15) is 13.2 Å². The Bertz CT molecular complexity index is 797. The molecule has 8 heteroatoms. The van der Waals surface area contributed by atoms with Crippen molar-refractivity contribution in [3.8, 4) is 17.0 Å². The topological polar surface area (TPSA) is 44.2 Å². The fraction of sp³-hybridized carbons (Fsp3) is 0.444. The summed E-state index contributed by atoms with van der Waals surface area (Å²) < 4.78 is 49.8. The normalized spacial score (nSPS) is 14.2. The van der Waals surface area contributed by atoms with Gasteiger partial charge in [0.05, 0.1) is 5.56 Å². The molecule has 1 heterocycles. The van der Waals surface area contributed by atoms with Gasteiger partial charge in [0, 0.05) is 12.2 Å². The molecule has 2 aromatic rings. The fourth-order valence-corrected chi connectivity index (χ4v) is 3.27. The molecule has 1 aliphatic rings. The van der Waals surface area contributed by atoms with E-state index in [4.69, 9.17) is 21.1 Å². The average Bonchev–Trinajstić information content (AvgIpc) is 2.62. The number of aromatic nitrogens is 2. The Balaban J connectivity index is 2.09. The van der Waals surface area contributed by atoms with Crippen LogP contribution in [0.3, 0.4) is 0 Å². The summed E-state index contributed by atoms with van der Waals surface area (Å²) in [7, 11) is 0. The molecule has 0 amide bonds. The summed E-state index contributed by atoms with van der Waals surface area (Å²) >= 11 is 6.16. The Morgan fingerprint density at radius 3 is 2.54 bits per heavy atom. The second-order valence-electron chi connectivity index (χ2n) is 5.97. The minimum Gasteiger partial charge on any atom is -0.467 e. The molecule has 1 aromatic carbocycles. The van der Waals surface area contributed by atoms with Crippen LogP contribution in [0.1, 0.15) is 36.5 Å². The number of alkyl halides is 3. The van der Waals surface area contributed by atoms with Crippen molar-refractivity contribution in [2.45, 2.75) is 38.8 Å². The molecule has 1 aliphatic carbocycles. The summed E-state index contributed by atoms with van der Waals surface area (Å²) in [6, 6.07) is 3.37. The van der Waals surface area contributed by atoms with Crippen LogP contribution in [0.5, 0.6) is 5.75 Å². The molecule has 0 spiro atoms. The van der Waals surface area contributed by atoms with Gasteiger partial charge in [0.1, 0.15) is 11.4 Å². The number of benzene rings is 1. The van der Waals surface area contributed by atoms with Crippen molar-refractivity contribution in [1.82, 2.24) is 10.2 Å². The van der Waals surface area contributed by atoms with Gasteiger partial charge in [-0.1, -0.05) is 11.6 Å². The van der Waals surface area contributed by atoms with Gasteiger partial charge in [0.2, 0.25) is 0 Å². The lowest BCUT2D eigenvalue weighted by Crippen LogP contribution is -2.11. The van der Waals surface area contributed by atoms with Crippen LogP contribution in [0.4, 0.5) is 13.2 Å². The first-order chi connectivity index (χ1) is 12.4. The monoisotopic (exact) mass is 386 g/mol. The van der Waals surface area contributed by atoms with Gasteiger partial charge >= 0.3 is 6.18 Å². The molecule has 0 saturated carbocycles. The predicted octanol–water partition coefficient (Wildman–Crippen LogP) is 5.07. The lowest BCUT2D eigenvalue weighted by atomic mass is 9.89. The van der Waals surface area contributed by atoms with E-state index in [1.54, 1.807) is 6.92 Å². The van der Waals surface area contributed by atoms with Gasteiger partial charge < -0.3 is 9.47 Å². The van der Waals surface area contributed by atoms with Gasteiger partial charge in [-0.3, -0.25) is 0 Å². The average molecular weight is 387 g/mol. The summed E-state index contributed by atoms with van der Waals surface area (Å²) in [6.45, 7) is 2.02. The van der Waals surface area contributed by atoms with Crippen LogP contribution in [0, 0.1) is 0 Å². The second kappa shape index (κ2) is 7.80. The van der Waals surface area contributed by atoms with Crippen LogP contribution >= 0.6 is 11.6 Å². The highest BCUT2D eigenvalue weighted by Gasteiger charge is 2.32. The first kappa shape index (κ1) is 18.9. The highest BCUT2D eigenvalue weighted by molar-refractivity contribution is 6.30. The molecule has 0 radical (unpaired) electrons. The van der Waals surface area contributed by atoms with Crippen molar-refractivity contribution in [2.24, 2.45) is 0 Å². The maximum atomic E-state index is 13.1. The van der Waals surface area contributed by atoms with Gasteiger partial charge in [0.15, 0.2) is 11.9 Å². The summed E-state index contributed by atoms with van der Waals surface area (Å²) in [4.78, 5) is 0. The minimum atomic E-state index is -4.46. The van der Waals surface area contributed by atoms with Crippen LogP contribution in [0.25, 0.3) is 11.3 Å². The van der Waals surface area contributed by atoms with Gasteiger partial charge in [-0.25, -0.2) is 0 Å².